The van der Waals surface area contributed by atoms with Gasteiger partial charge in [-0.3, -0.25) is 4.99 Å². The quantitative estimate of drug-likeness (QED) is 0.320. The van der Waals surface area contributed by atoms with Crippen molar-refractivity contribution in [2.75, 3.05) is 27.3 Å². The van der Waals surface area contributed by atoms with E-state index in [9.17, 15) is 0 Å². The van der Waals surface area contributed by atoms with Crippen molar-refractivity contribution in [1.82, 2.24) is 25.4 Å². The van der Waals surface area contributed by atoms with Crippen LogP contribution in [0.3, 0.4) is 0 Å². The Hall–Kier alpha value is -1.72. The number of ether oxygens (including phenoxy) is 2. The lowest BCUT2D eigenvalue weighted by Crippen LogP contribution is -2.47. The number of nitrogens with one attached hydrogen (secondary N) is 2. The molecule has 2 heterocycles. The zero-order chi connectivity index (χ0) is 19.8. The van der Waals surface area contributed by atoms with E-state index >= 15 is 0 Å². The minimum Gasteiger partial charge on any atom is -0.377 e. The number of halogens is 1. The maximum atomic E-state index is 5.63. The topological polar surface area (TPSA) is 85.6 Å². The van der Waals surface area contributed by atoms with E-state index in [0.717, 1.165) is 49.1 Å². The molecule has 1 aliphatic rings. The SMILES string of the molecule is CCNC(=NCC(OC)c1ccccc1)NC1CCc2nc(COC)nn2C1.I. The fourth-order valence-electron chi connectivity index (χ4n) is 3.34. The zero-order valence-electron chi connectivity index (χ0n) is 17.3. The van der Waals surface area contributed by atoms with Gasteiger partial charge in [0.15, 0.2) is 11.8 Å². The first-order chi connectivity index (χ1) is 13.7. The fourth-order valence-corrected chi connectivity index (χ4v) is 3.34. The molecule has 0 radical (unpaired) electrons. The van der Waals surface area contributed by atoms with Crippen molar-refractivity contribution in [3.63, 3.8) is 0 Å². The van der Waals surface area contributed by atoms with E-state index in [1.54, 1.807) is 14.2 Å². The minimum atomic E-state index is -0.0680. The molecule has 0 amide bonds. The zero-order valence-corrected chi connectivity index (χ0v) is 19.6. The van der Waals surface area contributed by atoms with Crippen LogP contribution in [0, 0.1) is 0 Å². The molecule has 0 saturated heterocycles. The van der Waals surface area contributed by atoms with Crippen molar-refractivity contribution in [3.8, 4) is 0 Å². The Bertz CT molecular complexity index is 768. The second-order valence-corrected chi connectivity index (χ2v) is 6.79. The van der Waals surface area contributed by atoms with E-state index in [4.69, 9.17) is 14.5 Å². The molecular weight excluding hydrogens is 483 g/mol. The van der Waals surface area contributed by atoms with Crippen molar-refractivity contribution in [2.24, 2.45) is 4.99 Å². The number of aliphatic imine (C=N–C) groups is 1. The smallest absolute Gasteiger partial charge is 0.191 e. The third-order valence-electron chi connectivity index (χ3n) is 4.73. The molecule has 0 saturated carbocycles. The number of aryl methyl sites for hydroxylation is 1. The van der Waals surface area contributed by atoms with E-state index in [-0.39, 0.29) is 36.1 Å². The lowest BCUT2D eigenvalue weighted by atomic mass is 10.1. The number of fused-ring (bicyclic) bond motifs is 1. The third-order valence-corrected chi connectivity index (χ3v) is 4.73. The Labute approximate surface area is 189 Å². The summed E-state index contributed by atoms with van der Waals surface area (Å²) in [6, 6.07) is 10.4. The van der Waals surface area contributed by atoms with Crippen molar-refractivity contribution in [1.29, 1.82) is 0 Å². The Morgan fingerprint density at radius 2 is 2.10 bits per heavy atom. The first kappa shape index (κ1) is 23.6. The summed E-state index contributed by atoms with van der Waals surface area (Å²) in [5.74, 6) is 2.56. The Balaban J connectivity index is 0.00000300. The van der Waals surface area contributed by atoms with Crippen LogP contribution in [-0.2, 0) is 29.0 Å². The van der Waals surface area contributed by atoms with Crippen LogP contribution < -0.4 is 10.6 Å². The maximum absolute atomic E-state index is 5.63. The summed E-state index contributed by atoms with van der Waals surface area (Å²) in [5, 5.41) is 11.4. The molecule has 1 aromatic carbocycles. The number of rotatable bonds is 8. The van der Waals surface area contributed by atoms with Crippen molar-refractivity contribution >= 4 is 29.9 Å². The van der Waals surface area contributed by atoms with Crippen molar-refractivity contribution in [3.05, 3.63) is 47.5 Å². The highest BCUT2D eigenvalue weighted by Crippen LogP contribution is 2.17. The van der Waals surface area contributed by atoms with Crippen LogP contribution in [0.2, 0.25) is 0 Å². The van der Waals surface area contributed by atoms with Gasteiger partial charge in [-0.25, -0.2) is 9.67 Å². The van der Waals surface area contributed by atoms with Gasteiger partial charge in [-0.15, -0.1) is 24.0 Å². The molecular formula is C20H31IN6O2. The maximum Gasteiger partial charge on any atom is 0.191 e. The predicted octanol–water partition coefficient (Wildman–Crippen LogP) is 2.30. The molecule has 0 bridgehead atoms. The first-order valence-corrected chi connectivity index (χ1v) is 9.77. The Morgan fingerprint density at radius 1 is 1.31 bits per heavy atom. The van der Waals surface area contributed by atoms with Gasteiger partial charge in [0.25, 0.3) is 0 Å². The van der Waals surface area contributed by atoms with Gasteiger partial charge in [-0.05, 0) is 18.9 Å². The first-order valence-electron chi connectivity index (χ1n) is 9.77. The largest absolute Gasteiger partial charge is 0.377 e. The van der Waals surface area contributed by atoms with Gasteiger partial charge < -0.3 is 20.1 Å². The van der Waals surface area contributed by atoms with E-state index in [1.807, 2.05) is 22.9 Å². The van der Waals surface area contributed by atoms with Gasteiger partial charge in [0.1, 0.15) is 18.5 Å². The number of nitrogens with zero attached hydrogens (tertiary/aromatic N) is 4. The monoisotopic (exact) mass is 514 g/mol. The molecule has 9 heteroatoms. The van der Waals surface area contributed by atoms with E-state index in [1.165, 1.54) is 0 Å². The predicted molar refractivity (Wildman–Crippen MR) is 124 cm³/mol. The van der Waals surface area contributed by atoms with Crippen LogP contribution >= 0.6 is 24.0 Å². The molecule has 0 spiro atoms. The molecule has 2 aromatic rings. The van der Waals surface area contributed by atoms with Crippen LogP contribution in [0.1, 0.15) is 36.7 Å². The Kier molecular flexibility index (Phi) is 9.82. The summed E-state index contributed by atoms with van der Waals surface area (Å²) >= 11 is 0. The molecule has 2 unspecified atom stereocenters. The molecule has 1 aliphatic heterocycles. The van der Waals surface area contributed by atoms with Crippen LogP contribution in [0.15, 0.2) is 35.3 Å². The minimum absolute atomic E-state index is 0. The molecule has 8 nitrogen and oxygen atoms in total. The summed E-state index contributed by atoms with van der Waals surface area (Å²) in [7, 11) is 3.38. The second-order valence-electron chi connectivity index (χ2n) is 6.79. The van der Waals surface area contributed by atoms with Crippen LogP contribution in [0.4, 0.5) is 0 Å². The van der Waals surface area contributed by atoms with E-state index in [2.05, 4.69) is 39.8 Å². The highest BCUT2D eigenvalue weighted by atomic mass is 127. The molecule has 0 aliphatic carbocycles. The molecule has 160 valence electrons. The number of hydrogen-bond donors (Lipinski definition) is 2. The van der Waals surface area contributed by atoms with E-state index < -0.39 is 0 Å². The molecule has 29 heavy (non-hydrogen) atoms. The highest BCUT2D eigenvalue weighted by Gasteiger charge is 2.22. The summed E-state index contributed by atoms with van der Waals surface area (Å²) < 4.78 is 12.7. The van der Waals surface area contributed by atoms with Gasteiger partial charge >= 0.3 is 0 Å². The standard InChI is InChI=1S/C20H30N6O2.HI/c1-4-21-20(22-12-17(28-3)15-8-6-5-7-9-15)23-16-10-11-19-24-18(14-27-2)25-26(19)13-16;/h5-9,16-17H,4,10-14H2,1-3H3,(H2,21,22,23);1H. The highest BCUT2D eigenvalue weighted by molar-refractivity contribution is 14.0. The summed E-state index contributed by atoms with van der Waals surface area (Å²) in [5.41, 5.74) is 1.13. The number of hydrogen-bond acceptors (Lipinski definition) is 5. The average Bonchev–Trinajstić information content (AvgIpc) is 3.11. The molecule has 0 fully saturated rings. The number of benzene rings is 1. The van der Waals surface area contributed by atoms with Gasteiger partial charge in [0.2, 0.25) is 0 Å². The van der Waals surface area contributed by atoms with E-state index in [0.29, 0.717) is 13.2 Å². The average molecular weight is 514 g/mol. The lowest BCUT2D eigenvalue weighted by molar-refractivity contribution is 0.111. The van der Waals surface area contributed by atoms with Gasteiger partial charge in [-0.1, -0.05) is 30.3 Å². The van der Waals surface area contributed by atoms with Gasteiger partial charge in [0.05, 0.1) is 13.1 Å². The molecule has 1 aromatic heterocycles. The Morgan fingerprint density at radius 3 is 2.79 bits per heavy atom. The van der Waals surface area contributed by atoms with Crippen LogP contribution in [0.5, 0.6) is 0 Å². The van der Waals surface area contributed by atoms with Crippen LogP contribution in [-0.4, -0.2) is 54.1 Å². The van der Waals surface area contributed by atoms with Gasteiger partial charge in [0, 0.05) is 33.2 Å². The van der Waals surface area contributed by atoms with Crippen LogP contribution in [0.25, 0.3) is 0 Å². The number of aromatic nitrogens is 3. The van der Waals surface area contributed by atoms with Gasteiger partial charge in [-0.2, -0.15) is 5.10 Å². The summed E-state index contributed by atoms with van der Waals surface area (Å²) in [6.07, 6.45) is 1.81. The molecule has 2 atom stereocenters. The van der Waals surface area contributed by atoms with Crippen molar-refractivity contribution in [2.45, 2.75) is 45.1 Å². The summed E-state index contributed by atoms with van der Waals surface area (Å²) in [6.45, 7) is 4.63. The second kappa shape index (κ2) is 12.1. The fraction of sp³-hybridized carbons (Fsp3) is 0.550. The summed E-state index contributed by atoms with van der Waals surface area (Å²) in [4.78, 5) is 9.28. The molecule has 2 N–H and O–H groups in total. The molecule has 3 rings (SSSR count). The lowest BCUT2D eigenvalue weighted by Gasteiger charge is -2.25. The number of methoxy groups -OCH3 is 2. The van der Waals surface area contributed by atoms with Crippen molar-refractivity contribution < 1.29 is 9.47 Å². The third kappa shape index (κ3) is 6.65. The number of guanidine groups is 1. The normalized spacial score (nSPS) is 17.2.